The normalized spacial score (nSPS) is 16.3. The monoisotopic (exact) mass is 479 g/mol. The van der Waals surface area contributed by atoms with Gasteiger partial charge in [0, 0.05) is 11.4 Å². The Balaban J connectivity index is 1.34. The number of rotatable bonds is 14. The van der Waals surface area contributed by atoms with E-state index in [4.69, 9.17) is 4.89 Å². The van der Waals surface area contributed by atoms with E-state index in [-0.39, 0.29) is 11.2 Å². The van der Waals surface area contributed by atoms with Crippen LogP contribution in [-0.2, 0) is 21.0 Å². The molecule has 0 heterocycles. The second kappa shape index (κ2) is 13.5. The van der Waals surface area contributed by atoms with E-state index < -0.39 is 8.25 Å². The second-order valence-electron chi connectivity index (χ2n) is 8.56. The summed E-state index contributed by atoms with van der Waals surface area (Å²) in [6.07, 6.45) is 8.73. The van der Waals surface area contributed by atoms with Gasteiger partial charge in [-0.15, -0.1) is 11.8 Å². The molecule has 0 saturated heterocycles. The number of unbranched alkanes of at least 4 members (excludes halogenated alkanes) is 1. The first-order chi connectivity index (χ1) is 15.6. The Hall–Kier alpha value is -1.17. The number of nitrogens with one attached hydrogen (secondary N) is 1. The summed E-state index contributed by atoms with van der Waals surface area (Å²) in [5.74, 6) is 1.05. The van der Waals surface area contributed by atoms with Gasteiger partial charge >= 0.3 is 8.25 Å². The number of thioether (sulfide) groups is 1. The van der Waals surface area contributed by atoms with Crippen molar-refractivity contribution in [2.24, 2.45) is 0 Å². The SMILES string of the molecule is O=[PH](O)OCCCNCc1ccc(SCCCCC2(c3ccccc3F)CCCC2)cc1. The van der Waals surface area contributed by atoms with Crippen LogP contribution < -0.4 is 5.32 Å². The number of hydrogen-bond acceptors (Lipinski definition) is 4. The maximum Gasteiger partial charge on any atom is 0.316 e. The van der Waals surface area contributed by atoms with Crippen molar-refractivity contribution in [1.29, 1.82) is 0 Å². The summed E-state index contributed by atoms with van der Waals surface area (Å²) < 4.78 is 29.6. The van der Waals surface area contributed by atoms with E-state index in [0.29, 0.717) is 13.0 Å². The fourth-order valence-corrected chi connectivity index (χ4v) is 5.88. The molecule has 0 bridgehead atoms. The molecule has 4 nitrogen and oxygen atoms in total. The molecule has 0 aliphatic heterocycles. The number of hydrogen-bond donors (Lipinski definition) is 2. The Morgan fingerprint density at radius 1 is 1.06 bits per heavy atom. The molecule has 7 heteroatoms. The Bertz CT molecular complexity index is 843. The fourth-order valence-electron chi connectivity index (χ4n) is 4.65. The third-order valence-corrected chi connectivity index (χ3v) is 7.85. The average molecular weight is 480 g/mol. The second-order valence-corrected chi connectivity index (χ2v) is 10.6. The molecule has 2 N–H and O–H groups in total. The zero-order chi connectivity index (χ0) is 22.7. The summed E-state index contributed by atoms with van der Waals surface area (Å²) in [4.78, 5) is 9.89. The van der Waals surface area contributed by atoms with E-state index in [1.807, 2.05) is 23.9 Å². The van der Waals surface area contributed by atoms with Crippen LogP contribution in [0.1, 0.15) is 62.5 Å². The number of halogens is 1. The van der Waals surface area contributed by atoms with Crippen LogP contribution >= 0.6 is 20.0 Å². The first-order valence-corrected chi connectivity index (χ1v) is 13.9. The van der Waals surface area contributed by atoms with E-state index in [0.717, 1.165) is 56.5 Å². The molecule has 32 heavy (non-hydrogen) atoms. The fraction of sp³-hybridized carbons (Fsp3) is 0.520. The summed E-state index contributed by atoms with van der Waals surface area (Å²) in [6, 6.07) is 16.0. The summed E-state index contributed by atoms with van der Waals surface area (Å²) in [5.41, 5.74) is 2.21. The van der Waals surface area contributed by atoms with Gasteiger partial charge in [0.1, 0.15) is 5.82 Å². The van der Waals surface area contributed by atoms with E-state index in [1.165, 1.54) is 23.3 Å². The van der Waals surface area contributed by atoms with E-state index in [9.17, 15) is 8.96 Å². The van der Waals surface area contributed by atoms with E-state index in [1.54, 1.807) is 12.1 Å². The zero-order valence-corrected chi connectivity index (χ0v) is 20.5. The van der Waals surface area contributed by atoms with Crippen LogP contribution in [0, 0.1) is 5.82 Å². The summed E-state index contributed by atoms with van der Waals surface area (Å²) >= 11 is 1.89. The van der Waals surface area contributed by atoms with Gasteiger partial charge in [-0.1, -0.05) is 49.6 Å². The van der Waals surface area contributed by atoms with Crippen molar-refractivity contribution in [3.8, 4) is 0 Å². The molecule has 2 aromatic carbocycles. The lowest BCUT2D eigenvalue weighted by molar-refractivity contribution is 0.276. The first kappa shape index (κ1) is 25.5. The number of benzene rings is 2. The summed E-state index contributed by atoms with van der Waals surface area (Å²) in [5, 5.41) is 3.32. The minimum absolute atomic E-state index is 0.0332. The van der Waals surface area contributed by atoms with Crippen LogP contribution in [0.25, 0.3) is 0 Å². The third kappa shape index (κ3) is 8.00. The van der Waals surface area contributed by atoms with Gasteiger partial charge in [-0.05, 0) is 79.1 Å². The molecule has 0 amide bonds. The lowest BCUT2D eigenvalue weighted by Gasteiger charge is -2.30. The zero-order valence-electron chi connectivity index (χ0n) is 18.7. The maximum absolute atomic E-state index is 14.4. The lowest BCUT2D eigenvalue weighted by Crippen LogP contribution is -2.23. The van der Waals surface area contributed by atoms with Crippen LogP contribution in [0.4, 0.5) is 4.39 Å². The molecule has 1 unspecified atom stereocenters. The van der Waals surface area contributed by atoms with Gasteiger partial charge in [-0.2, -0.15) is 0 Å². The predicted molar refractivity (Wildman–Crippen MR) is 131 cm³/mol. The Morgan fingerprint density at radius 2 is 1.81 bits per heavy atom. The highest BCUT2D eigenvalue weighted by Gasteiger charge is 2.36. The third-order valence-electron chi connectivity index (χ3n) is 6.30. The highest BCUT2D eigenvalue weighted by atomic mass is 32.2. The smallest absolute Gasteiger partial charge is 0.316 e. The molecular weight excluding hydrogens is 444 g/mol. The minimum Gasteiger partial charge on any atom is -0.326 e. The Kier molecular flexibility index (Phi) is 10.8. The molecule has 0 aromatic heterocycles. The van der Waals surface area contributed by atoms with Crippen molar-refractivity contribution >= 4 is 20.0 Å². The van der Waals surface area contributed by atoms with Crippen molar-refractivity contribution in [2.45, 2.75) is 68.2 Å². The van der Waals surface area contributed by atoms with E-state index in [2.05, 4.69) is 34.1 Å². The quantitative estimate of drug-likeness (QED) is 0.185. The molecule has 3 rings (SSSR count). The standard InChI is InChI=1S/C25H35FNO3PS/c26-24-9-2-1-8-23(24)25(14-3-4-15-25)16-5-6-19-32-22-12-10-21(11-13-22)20-27-17-7-18-30-31(28)29/h1-2,8-13,27,31H,3-7,14-20H2,(H,28,29). The molecule has 1 saturated carbocycles. The van der Waals surface area contributed by atoms with Crippen LogP contribution in [0.2, 0.25) is 0 Å². The van der Waals surface area contributed by atoms with Crippen molar-refractivity contribution in [2.75, 3.05) is 18.9 Å². The van der Waals surface area contributed by atoms with Gasteiger partial charge in [-0.3, -0.25) is 4.57 Å². The Morgan fingerprint density at radius 3 is 2.53 bits per heavy atom. The first-order valence-electron chi connectivity index (χ1n) is 11.6. The molecule has 1 fully saturated rings. The van der Waals surface area contributed by atoms with Gasteiger partial charge in [0.2, 0.25) is 0 Å². The summed E-state index contributed by atoms with van der Waals surface area (Å²) in [6.45, 7) is 1.83. The van der Waals surface area contributed by atoms with Crippen LogP contribution in [0.5, 0.6) is 0 Å². The highest BCUT2D eigenvalue weighted by Crippen LogP contribution is 2.45. The van der Waals surface area contributed by atoms with Crippen molar-refractivity contribution in [3.05, 3.63) is 65.5 Å². The molecule has 0 radical (unpaired) electrons. The van der Waals surface area contributed by atoms with Crippen LogP contribution in [0.15, 0.2) is 53.4 Å². The highest BCUT2D eigenvalue weighted by molar-refractivity contribution is 7.99. The molecule has 1 aliphatic carbocycles. The van der Waals surface area contributed by atoms with Gasteiger partial charge in [0.15, 0.2) is 0 Å². The van der Waals surface area contributed by atoms with Gasteiger partial charge < -0.3 is 14.7 Å². The molecule has 2 aromatic rings. The minimum atomic E-state index is -2.81. The summed E-state index contributed by atoms with van der Waals surface area (Å²) in [7, 11) is -2.81. The van der Waals surface area contributed by atoms with Crippen LogP contribution in [-0.4, -0.2) is 23.8 Å². The average Bonchev–Trinajstić information content (AvgIpc) is 3.27. The molecule has 0 spiro atoms. The topological polar surface area (TPSA) is 58.6 Å². The van der Waals surface area contributed by atoms with Gasteiger partial charge in [-0.25, -0.2) is 4.39 Å². The molecule has 1 atom stereocenters. The molecular formula is C25H35FNO3PS. The van der Waals surface area contributed by atoms with Crippen molar-refractivity contribution in [3.63, 3.8) is 0 Å². The van der Waals surface area contributed by atoms with Gasteiger partial charge in [0.05, 0.1) is 6.61 Å². The van der Waals surface area contributed by atoms with Gasteiger partial charge in [0.25, 0.3) is 0 Å². The van der Waals surface area contributed by atoms with Crippen LogP contribution in [0.3, 0.4) is 0 Å². The maximum atomic E-state index is 14.4. The predicted octanol–water partition coefficient (Wildman–Crippen LogP) is 6.48. The molecule has 176 valence electrons. The molecule has 1 aliphatic rings. The largest absolute Gasteiger partial charge is 0.326 e. The Labute approximate surface area is 196 Å². The van der Waals surface area contributed by atoms with Crippen molar-refractivity contribution in [1.82, 2.24) is 5.32 Å². The lowest BCUT2D eigenvalue weighted by atomic mass is 9.75. The van der Waals surface area contributed by atoms with Crippen molar-refractivity contribution < 1.29 is 18.4 Å². The van der Waals surface area contributed by atoms with E-state index >= 15 is 0 Å².